The summed E-state index contributed by atoms with van der Waals surface area (Å²) < 4.78 is 28.1. The van der Waals surface area contributed by atoms with Crippen molar-refractivity contribution < 1.29 is 18.3 Å². The van der Waals surface area contributed by atoms with Crippen molar-refractivity contribution in [1.82, 2.24) is 19.5 Å². The quantitative estimate of drug-likeness (QED) is 0.792. The van der Waals surface area contributed by atoms with Crippen LogP contribution in [-0.4, -0.2) is 40.8 Å². The Kier molecular flexibility index (Phi) is 4.40. The summed E-state index contributed by atoms with van der Waals surface area (Å²) in [5, 5.41) is 14.8. The average Bonchev–Trinajstić information content (AvgIpc) is 2.96. The van der Waals surface area contributed by atoms with Gasteiger partial charge in [-0.2, -0.15) is 5.10 Å². The summed E-state index contributed by atoms with van der Waals surface area (Å²) in [6.45, 7) is 1.81. The largest absolute Gasteiger partial charge is 0.476 e. The minimum Gasteiger partial charge on any atom is -0.476 e. The third-order valence-electron chi connectivity index (χ3n) is 2.71. The molecule has 0 unspecified atom stereocenters. The molecule has 0 saturated carbocycles. The molecule has 0 aliphatic carbocycles. The van der Waals surface area contributed by atoms with Crippen molar-refractivity contribution in [3.8, 4) is 0 Å². The molecular formula is C11H14N4O4S2. The first-order valence-electron chi connectivity index (χ1n) is 5.97. The third kappa shape index (κ3) is 3.46. The molecule has 21 heavy (non-hydrogen) atoms. The normalized spacial score (nSPS) is 11.7. The summed E-state index contributed by atoms with van der Waals surface area (Å²) in [4.78, 5) is 14.6. The van der Waals surface area contributed by atoms with Gasteiger partial charge in [-0.25, -0.2) is 22.9 Å². The zero-order valence-electron chi connectivity index (χ0n) is 11.4. The lowest BCUT2D eigenvalue weighted by atomic mass is 10.4. The van der Waals surface area contributed by atoms with Crippen LogP contribution in [0.1, 0.15) is 21.1 Å². The molecule has 2 N–H and O–H groups in total. The van der Waals surface area contributed by atoms with E-state index in [1.165, 1.54) is 27.6 Å². The summed E-state index contributed by atoms with van der Waals surface area (Å²) in [7, 11) is -2.09. The fourth-order valence-electron chi connectivity index (χ4n) is 1.81. The summed E-state index contributed by atoms with van der Waals surface area (Å²) in [5.74, 6) is -1.09. The number of aryl methyl sites for hydroxylation is 2. The predicted molar refractivity (Wildman–Crippen MR) is 75.9 cm³/mol. The Morgan fingerprint density at radius 3 is 2.76 bits per heavy atom. The van der Waals surface area contributed by atoms with Crippen molar-refractivity contribution in [2.24, 2.45) is 7.05 Å². The van der Waals surface area contributed by atoms with Crippen LogP contribution in [0.2, 0.25) is 0 Å². The van der Waals surface area contributed by atoms with Gasteiger partial charge in [0.1, 0.15) is 0 Å². The van der Waals surface area contributed by atoms with Crippen LogP contribution in [0.15, 0.2) is 16.6 Å². The van der Waals surface area contributed by atoms with Crippen LogP contribution < -0.4 is 4.72 Å². The van der Waals surface area contributed by atoms with Crippen LogP contribution in [-0.2, 0) is 23.5 Å². The van der Waals surface area contributed by atoms with E-state index in [1.807, 2.05) is 0 Å². The van der Waals surface area contributed by atoms with Gasteiger partial charge in [-0.1, -0.05) is 0 Å². The minimum absolute atomic E-state index is 0.0275. The number of rotatable bonds is 6. The number of aromatic nitrogens is 3. The molecule has 0 radical (unpaired) electrons. The van der Waals surface area contributed by atoms with Crippen molar-refractivity contribution in [2.75, 3.05) is 6.54 Å². The van der Waals surface area contributed by atoms with Crippen molar-refractivity contribution in [2.45, 2.75) is 18.4 Å². The number of carboxylic acids is 1. The van der Waals surface area contributed by atoms with Crippen LogP contribution in [0.4, 0.5) is 0 Å². The molecule has 0 amide bonds. The van der Waals surface area contributed by atoms with Crippen LogP contribution in [0.25, 0.3) is 0 Å². The first-order chi connectivity index (χ1) is 9.81. The highest BCUT2D eigenvalue weighted by Crippen LogP contribution is 2.13. The maximum Gasteiger partial charge on any atom is 0.355 e. The van der Waals surface area contributed by atoms with Gasteiger partial charge in [0.15, 0.2) is 10.7 Å². The Morgan fingerprint density at radius 1 is 1.52 bits per heavy atom. The summed E-state index contributed by atoms with van der Waals surface area (Å²) in [6.07, 6.45) is 1.81. The van der Waals surface area contributed by atoms with Gasteiger partial charge >= 0.3 is 5.97 Å². The number of carbonyl (C=O) groups is 1. The lowest BCUT2D eigenvalue weighted by molar-refractivity contribution is 0.0691. The Bertz CT molecular complexity index is 744. The van der Waals surface area contributed by atoms with Crippen molar-refractivity contribution >= 4 is 27.3 Å². The molecule has 8 nitrogen and oxygen atoms in total. The fraction of sp³-hybridized carbons (Fsp3) is 0.364. The standard InChI is InChI=1S/C11H14N4O4S2/c1-7-5-12-15(2)10(7)21(18,19)13-4-3-9-14-8(6-20-9)11(16)17/h5-6,13H,3-4H2,1-2H3,(H,16,17). The number of thiazole rings is 1. The SMILES string of the molecule is Cc1cnn(C)c1S(=O)(=O)NCCc1nc(C(=O)O)cs1. The lowest BCUT2D eigenvalue weighted by Gasteiger charge is -2.07. The summed E-state index contributed by atoms with van der Waals surface area (Å²) >= 11 is 1.19. The Balaban J connectivity index is 2.01. The predicted octanol–water partition coefficient (Wildman–Crippen LogP) is 0.404. The number of nitrogens with one attached hydrogen (secondary N) is 1. The van der Waals surface area contributed by atoms with Crippen LogP contribution in [0, 0.1) is 6.92 Å². The van der Waals surface area contributed by atoms with E-state index in [0.29, 0.717) is 17.0 Å². The third-order valence-corrected chi connectivity index (χ3v) is 5.30. The maximum atomic E-state index is 12.2. The zero-order chi connectivity index (χ0) is 15.6. The second-order valence-electron chi connectivity index (χ2n) is 4.34. The van der Waals surface area contributed by atoms with E-state index in [0.717, 1.165) is 0 Å². The Morgan fingerprint density at radius 2 is 2.24 bits per heavy atom. The smallest absolute Gasteiger partial charge is 0.355 e. The van der Waals surface area contributed by atoms with E-state index >= 15 is 0 Å². The number of aromatic carboxylic acids is 1. The molecule has 0 fully saturated rings. The molecule has 2 aromatic rings. The molecule has 0 bridgehead atoms. The Hall–Kier alpha value is -1.78. The number of nitrogens with zero attached hydrogens (tertiary/aromatic N) is 3. The molecule has 2 rings (SSSR count). The van der Waals surface area contributed by atoms with Gasteiger partial charge in [-0.3, -0.25) is 4.68 Å². The summed E-state index contributed by atoms with van der Waals surface area (Å²) in [5.41, 5.74) is 0.535. The number of hydrogen-bond acceptors (Lipinski definition) is 6. The van der Waals surface area contributed by atoms with Crippen molar-refractivity contribution in [1.29, 1.82) is 0 Å². The zero-order valence-corrected chi connectivity index (χ0v) is 13.0. The molecule has 0 spiro atoms. The van der Waals surface area contributed by atoms with Gasteiger partial charge in [0.25, 0.3) is 10.0 Å². The van der Waals surface area contributed by atoms with Crippen LogP contribution in [0.3, 0.4) is 0 Å². The van der Waals surface area contributed by atoms with Gasteiger partial charge in [-0.15, -0.1) is 11.3 Å². The molecule has 2 aromatic heterocycles. The second kappa shape index (κ2) is 5.92. The monoisotopic (exact) mass is 330 g/mol. The number of hydrogen-bond donors (Lipinski definition) is 2. The van der Waals surface area contributed by atoms with Crippen LogP contribution in [0.5, 0.6) is 0 Å². The fourth-order valence-corrected chi connectivity index (χ4v) is 3.96. The average molecular weight is 330 g/mol. The molecule has 10 heteroatoms. The lowest BCUT2D eigenvalue weighted by Crippen LogP contribution is -2.28. The number of sulfonamides is 1. The molecule has 0 saturated heterocycles. The topological polar surface area (TPSA) is 114 Å². The Labute approximate surface area is 125 Å². The van der Waals surface area contributed by atoms with Gasteiger partial charge in [0.05, 0.1) is 11.2 Å². The van der Waals surface area contributed by atoms with E-state index in [2.05, 4.69) is 14.8 Å². The van der Waals surface area contributed by atoms with E-state index < -0.39 is 16.0 Å². The van der Waals surface area contributed by atoms with E-state index in [9.17, 15) is 13.2 Å². The van der Waals surface area contributed by atoms with Crippen molar-refractivity contribution in [3.63, 3.8) is 0 Å². The van der Waals surface area contributed by atoms with Gasteiger partial charge < -0.3 is 5.11 Å². The highest BCUT2D eigenvalue weighted by molar-refractivity contribution is 7.89. The first kappa shape index (κ1) is 15.6. The number of carboxylic acid groups (broad SMARTS) is 1. The van der Waals surface area contributed by atoms with Crippen molar-refractivity contribution in [3.05, 3.63) is 27.8 Å². The minimum atomic E-state index is -3.65. The maximum absolute atomic E-state index is 12.2. The van der Waals surface area contributed by atoms with Crippen LogP contribution >= 0.6 is 11.3 Å². The molecule has 0 aliphatic heterocycles. The van der Waals surface area contributed by atoms with Gasteiger partial charge in [-0.05, 0) is 6.92 Å². The molecule has 0 aromatic carbocycles. The molecule has 114 valence electrons. The summed E-state index contributed by atoms with van der Waals surface area (Å²) in [6, 6.07) is 0. The first-order valence-corrected chi connectivity index (χ1v) is 8.33. The van der Waals surface area contributed by atoms with Gasteiger partial charge in [0, 0.05) is 31.0 Å². The molecule has 2 heterocycles. The van der Waals surface area contributed by atoms with E-state index in [4.69, 9.17) is 5.11 Å². The second-order valence-corrected chi connectivity index (χ2v) is 6.96. The highest BCUT2D eigenvalue weighted by Gasteiger charge is 2.21. The highest BCUT2D eigenvalue weighted by atomic mass is 32.2. The molecular weight excluding hydrogens is 316 g/mol. The van der Waals surface area contributed by atoms with E-state index in [1.54, 1.807) is 14.0 Å². The van der Waals surface area contributed by atoms with E-state index in [-0.39, 0.29) is 17.3 Å². The molecule has 0 aliphatic rings. The molecule has 0 atom stereocenters. The van der Waals surface area contributed by atoms with Gasteiger partial charge in [0.2, 0.25) is 0 Å².